The summed E-state index contributed by atoms with van der Waals surface area (Å²) in [5.41, 5.74) is 2.77. The maximum Gasteiger partial charge on any atom is 0.405 e. The molecule has 0 unspecified atom stereocenters. The second-order valence-electron chi connectivity index (χ2n) is 4.00. The summed E-state index contributed by atoms with van der Waals surface area (Å²) >= 11 is 0. The molecule has 0 aliphatic rings. The third-order valence-corrected chi connectivity index (χ3v) is 2.49. The molecule has 1 aromatic heterocycles. The maximum absolute atomic E-state index is 12.4. The first-order chi connectivity index (χ1) is 8.90. The predicted molar refractivity (Wildman–Crippen MR) is 66.7 cm³/mol. The van der Waals surface area contributed by atoms with Crippen molar-refractivity contribution in [1.82, 2.24) is 9.97 Å². The van der Waals surface area contributed by atoms with Gasteiger partial charge in [-0.3, -0.25) is 5.43 Å². The van der Waals surface area contributed by atoms with Gasteiger partial charge in [0.05, 0.1) is 5.52 Å². The molecule has 8 heteroatoms. The van der Waals surface area contributed by atoms with Crippen LogP contribution >= 0.6 is 0 Å². The van der Waals surface area contributed by atoms with Crippen molar-refractivity contribution in [3.8, 4) is 0 Å². The van der Waals surface area contributed by atoms with Crippen LogP contribution in [0.3, 0.4) is 0 Å². The lowest BCUT2D eigenvalue weighted by Gasteiger charge is -2.21. The Bertz CT molecular complexity index is 584. The highest BCUT2D eigenvalue weighted by atomic mass is 19.4. The highest BCUT2D eigenvalue weighted by molar-refractivity contribution is 5.90. The van der Waals surface area contributed by atoms with E-state index in [-0.39, 0.29) is 11.8 Å². The fraction of sp³-hybridized carbons (Fsp3) is 0.273. The van der Waals surface area contributed by atoms with E-state index in [1.165, 1.54) is 7.05 Å². The third kappa shape index (κ3) is 3.02. The van der Waals surface area contributed by atoms with E-state index >= 15 is 0 Å². The molecule has 0 spiro atoms. The van der Waals surface area contributed by atoms with E-state index < -0.39 is 12.7 Å². The Morgan fingerprint density at radius 1 is 1.26 bits per heavy atom. The molecule has 0 radical (unpaired) electrons. The number of nitrogens with two attached hydrogens (primary N) is 1. The molecule has 1 heterocycles. The number of nitrogens with zero attached hydrogens (tertiary/aromatic N) is 3. The number of fused-ring (bicyclic) bond motifs is 1. The van der Waals surface area contributed by atoms with E-state index in [0.29, 0.717) is 10.9 Å². The number of anilines is 2. The molecule has 0 atom stereocenters. The summed E-state index contributed by atoms with van der Waals surface area (Å²) in [5, 5.41) is 0.535. The first-order valence-electron chi connectivity index (χ1n) is 5.42. The van der Waals surface area contributed by atoms with Gasteiger partial charge in [0.25, 0.3) is 0 Å². The molecule has 0 aliphatic carbocycles. The molecule has 0 amide bonds. The summed E-state index contributed by atoms with van der Waals surface area (Å²) in [4.78, 5) is 9.08. The van der Waals surface area contributed by atoms with E-state index in [9.17, 15) is 13.2 Å². The van der Waals surface area contributed by atoms with Gasteiger partial charge in [0.2, 0.25) is 5.95 Å². The molecular formula is C11H12F3N5. The molecule has 2 aromatic rings. The molecule has 19 heavy (non-hydrogen) atoms. The van der Waals surface area contributed by atoms with Crippen LogP contribution in [0.1, 0.15) is 0 Å². The summed E-state index contributed by atoms with van der Waals surface area (Å²) in [5.74, 6) is 5.47. The lowest BCUT2D eigenvalue weighted by atomic mass is 10.2. The Balaban J connectivity index is 2.51. The fourth-order valence-corrected chi connectivity index (χ4v) is 1.76. The number of para-hydroxylation sites is 1. The van der Waals surface area contributed by atoms with Crippen LogP contribution in [0, 0.1) is 0 Å². The number of alkyl halides is 3. The molecule has 5 nitrogen and oxygen atoms in total. The van der Waals surface area contributed by atoms with Gasteiger partial charge < -0.3 is 4.90 Å². The SMILES string of the molecule is CN(CC(F)(F)F)c1nc(NN)nc2ccccc12. The zero-order valence-corrected chi connectivity index (χ0v) is 10.1. The Hall–Kier alpha value is -2.09. The molecule has 2 rings (SSSR count). The summed E-state index contributed by atoms with van der Waals surface area (Å²) in [6.07, 6.45) is -4.31. The standard InChI is InChI=1S/C11H12F3N5/c1-19(6-11(12,13)14)9-7-4-2-3-5-8(7)16-10(17-9)18-15/h2-5H,6,15H2,1H3,(H,16,17,18). The van der Waals surface area contributed by atoms with Crippen LogP contribution in [-0.4, -0.2) is 29.7 Å². The summed E-state index contributed by atoms with van der Waals surface area (Å²) in [6, 6.07) is 6.80. The van der Waals surface area contributed by atoms with Crippen LogP contribution in [0.4, 0.5) is 24.9 Å². The molecular weight excluding hydrogens is 259 g/mol. The van der Waals surface area contributed by atoms with Crippen molar-refractivity contribution in [2.24, 2.45) is 5.84 Å². The van der Waals surface area contributed by atoms with Gasteiger partial charge in [0.15, 0.2) is 0 Å². The fourth-order valence-electron chi connectivity index (χ4n) is 1.76. The van der Waals surface area contributed by atoms with Crippen molar-refractivity contribution in [2.45, 2.75) is 6.18 Å². The van der Waals surface area contributed by atoms with Gasteiger partial charge in [0.1, 0.15) is 12.4 Å². The first kappa shape index (κ1) is 13.3. The molecule has 0 saturated carbocycles. The zero-order valence-electron chi connectivity index (χ0n) is 10.1. The largest absolute Gasteiger partial charge is 0.405 e. The van der Waals surface area contributed by atoms with Gasteiger partial charge in [0, 0.05) is 12.4 Å². The van der Waals surface area contributed by atoms with E-state index in [2.05, 4.69) is 15.4 Å². The Labute approximate surface area is 107 Å². The highest BCUT2D eigenvalue weighted by Gasteiger charge is 2.30. The number of hydrogen-bond donors (Lipinski definition) is 2. The van der Waals surface area contributed by atoms with Crippen molar-refractivity contribution in [2.75, 3.05) is 23.9 Å². The highest BCUT2D eigenvalue weighted by Crippen LogP contribution is 2.26. The number of hydrogen-bond acceptors (Lipinski definition) is 5. The van der Waals surface area contributed by atoms with E-state index in [1.54, 1.807) is 24.3 Å². The van der Waals surface area contributed by atoms with E-state index in [0.717, 1.165) is 4.90 Å². The monoisotopic (exact) mass is 271 g/mol. The molecule has 3 N–H and O–H groups in total. The van der Waals surface area contributed by atoms with Gasteiger partial charge >= 0.3 is 6.18 Å². The van der Waals surface area contributed by atoms with Crippen molar-refractivity contribution in [3.63, 3.8) is 0 Å². The number of aromatic nitrogens is 2. The van der Waals surface area contributed by atoms with Crippen molar-refractivity contribution in [1.29, 1.82) is 0 Å². The first-order valence-corrected chi connectivity index (χ1v) is 5.42. The van der Waals surface area contributed by atoms with E-state index in [1.807, 2.05) is 0 Å². The molecule has 0 fully saturated rings. The van der Waals surface area contributed by atoms with Crippen LogP contribution in [0.25, 0.3) is 10.9 Å². The minimum Gasteiger partial charge on any atom is -0.350 e. The molecule has 0 aliphatic heterocycles. The topological polar surface area (TPSA) is 67.1 Å². The zero-order chi connectivity index (χ0) is 14.0. The quantitative estimate of drug-likeness (QED) is 0.659. The maximum atomic E-state index is 12.4. The normalized spacial score (nSPS) is 11.6. The third-order valence-electron chi connectivity index (χ3n) is 2.49. The van der Waals surface area contributed by atoms with Crippen LogP contribution in [0.2, 0.25) is 0 Å². The molecule has 0 bridgehead atoms. The number of rotatable bonds is 3. The van der Waals surface area contributed by atoms with Crippen LogP contribution in [-0.2, 0) is 0 Å². The average Bonchev–Trinajstić information content (AvgIpc) is 2.35. The molecule has 0 saturated heterocycles. The molecule has 1 aromatic carbocycles. The lowest BCUT2D eigenvalue weighted by molar-refractivity contribution is -0.119. The molecule has 102 valence electrons. The average molecular weight is 271 g/mol. The second kappa shape index (κ2) is 4.88. The van der Waals surface area contributed by atoms with Crippen molar-refractivity contribution >= 4 is 22.7 Å². The van der Waals surface area contributed by atoms with Gasteiger partial charge in [-0.2, -0.15) is 18.2 Å². The number of hydrazine groups is 1. The van der Waals surface area contributed by atoms with E-state index in [4.69, 9.17) is 5.84 Å². The number of nitrogens with one attached hydrogen (secondary N) is 1. The number of halogens is 3. The number of benzene rings is 1. The van der Waals surface area contributed by atoms with Gasteiger partial charge in [-0.05, 0) is 12.1 Å². The predicted octanol–water partition coefficient (Wildman–Crippen LogP) is 1.91. The summed E-state index contributed by atoms with van der Waals surface area (Å²) < 4.78 is 37.3. The van der Waals surface area contributed by atoms with Crippen molar-refractivity contribution < 1.29 is 13.2 Å². The summed E-state index contributed by atoms with van der Waals surface area (Å²) in [6.45, 7) is -1.10. The second-order valence-corrected chi connectivity index (χ2v) is 4.00. The van der Waals surface area contributed by atoms with Crippen LogP contribution < -0.4 is 16.2 Å². The minimum absolute atomic E-state index is 0.0720. The van der Waals surface area contributed by atoms with Crippen LogP contribution in [0.15, 0.2) is 24.3 Å². The van der Waals surface area contributed by atoms with Crippen LogP contribution in [0.5, 0.6) is 0 Å². The minimum atomic E-state index is -4.31. The van der Waals surface area contributed by atoms with Gasteiger partial charge in [-0.1, -0.05) is 12.1 Å². The van der Waals surface area contributed by atoms with Crippen molar-refractivity contribution in [3.05, 3.63) is 24.3 Å². The van der Waals surface area contributed by atoms with Gasteiger partial charge in [-0.15, -0.1) is 0 Å². The Kier molecular flexibility index (Phi) is 3.43. The Morgan fingerprint density at radius 3 is 2.58 bits per heavy atom. The summed E-state index contributed by atoms with van der Waals surface area (Å²) in [7, 11) is 1.32. The number of nitrogen functional groups attached to an aromatic ring is 1. The smallest absolute Gasteiger partial charge is 0.350 e. The lowest BCUT2D eigenvalue weighted by Crippen LogP contribution is -2.32. The van der Waals surface area contributed by atoms with Gasteiger partial charge in [-0.25, -0.2) is 10.8 Å². The Morgan fingerprint density at radius 2 is 1.95 bits per heavy atom.